The van der Waals surface area contributed by atoms with Crippen molar-refractivity contribution < 1.29 is 4.74 Å². The Balaban J connectivity index is 2.91. The van der Waals surface area contributed by atoms with Gasteiger partial charge >= 0.3 is 0 Å². The lowest BCUT2D eigenvalue weighted by molar-refractivity contribution is 0.208. The first kappa shape index (κ1) is 33.2. The van der Waals surface area contributed by atoms with E-state index in [0.29, 0.717) is 6.61 Å². The van der Waals surface area contributed by atoms with Crippen LogP contribution in [-0.4, -0.2) is 5.71 Å². The van der Waals surface area contributed by atoms with E-state index in [9.17, 15) is 0 Å². The molecule has 0 heterocycles. The summed E-state index contributed by atoms with van der Waals surface area (Å²) in [7, 11) is 0. The van der Waals surface area contributed by atoms with Gasteiger partial charge < -0.3 is 4.74 Å². The summed E-state index contributed by atoms with van der Waals surface area (Å²) >= 11 is 0. The molecule has 2 heteroatoms. The number of nitrogens with zero attached hydrogens (tertiary/aromatic N) is 1. The number of hydrogen-bond acceptors (Lipinski definition) is 2. The number of allylic oxidation sites excluding steroid dienone is 10. The highest BCUT2D eigenvalue weighted by atomic mass is 16.5. The average Bonchev–Trinajstić information content (AvgIpc) is 2.92. The van der Waals surface area contributed by atoms with Gasteiger partial charge in [0.15, 0.2) is 0 Å². The van der Waals surface area contributed by atoms with Crippen LogP contribution >= 0.6 is 0 Å². The first-order chi connectivity index (χ1) is 18.4. The minimum atomic E-state index is 0.529. The van der Waals surface area contributed by atoms with Gasteiger partial charge in [0.05, 0.1) is 0 Å². The van der Waals surface area contributed by atoms with E-state index in [4.69, 9.17) is 9.73 Å². The maximum Gasteiger partial charge on any atom is 0.123 e. The molecule has 0 unspecified atom stereocenters. The Hall–Kier alpha value is -2.87. The number of ether oxygens (including phenoxy) is 1. The molecule has 0 bridgehead atoms. The zero-order chi connectivity index (χ0) is 28.0. The molecular formula is C36H53NO. The van der Waals surface area contributed by atoms with Gasteiger partial charge in [-0.3, -0.25) is 4.99 Å². The van der Waals surface area contributed by atoms with Gasteiger partial charge in [0.25, 0.3) is 0 Å². The molecule has 208 valence electrons. The van der Waals surface area contributed by atoms with E-state index in [1.165, 1.54) is 68.9 Å². The highest BCUT2D eigenvalue weighted by Gasteiger charge is 2.05. The molecule has 0 aromatic heterocycles. The number of benzene rings is 1. The SMILES string of the molecule is C=CC(CCCCCCCCCCC)=N\C(C)=C/C(C)=C(/C=C(C)/C(C)=C/C=C\C)OCc1ccccc1. The fourth-order valence-electron chi connectivity index (χ4n) is 4.15. The summed E-state index contributed by atoms with van der Waals surface area (Å²) in [5.74, 6) is 0.869. The van der Waals surface area contributed by atoms with Crippen LogP contribution in [-0.2, 0) is 11.3 Å². The smallest absolute Gasteiger partial charge is 0.123 e. The zero-order valence-electron chi connectivity index (χ0n) is 25.2. The third-order valence-electron chi connectivity index (χ3n) is 6.65. The molecule has 38 heavy (non-hydrogen) atoms. The lowest BCUT2D eigenvalue weighted by Gasteiger charge is -2.12. The lowest BCUT2D eigenvalue weighted by atomic mass is 10.1. The largest absolute Gasteiger partial charge is 0.489 e. The molecule has 0 amide bonds. The molecule has 0 radical (unpaired) electrons. The molecule has 0 atom stereocenters. The number of rotatable bonds is 19. The molecule has 2 nitrogen and oxygen atoms in total. The van der Waals surface area contributed by atoms with E-state index in [1.54, 1.807) is 0 Å². The van der Waals surface area contributed by atoms with Gasteiger partial charge in [-0.25, -0.2) is 0 Å². The summed E-state index contributed by atoms with van der Waals surface area (Å²) in [6, 6.07) is 10.3. The van der Waals surface area contributed by atoms with Crippen LogP contribution in [0.1, 0.15) is 111 Å². The first-order valence-electron chi connectivity index (χ1n) is 14.6. The van der Waals surface area contributed by atoms with E-state index in [2.05, 4.69) is 77.6 Å². The second-order valence-electron chi connectivity index (χ2n) is 10.2. The molecule has 1 aromatic rings. The van der Waals surface area contributed by atoms with Crippen LogP contribution in [0, 0.1) is 0 Å². The van der Waals surface area contributed by atoms with Crippen molar-refractivity contribution >= 4 is 5.71 Å². The van der Waals surface area contributed by atoms with Crippen molar-refractivity contribution in [1.29, 1.82) is 0 Å². The monoisotopic (exact) mass is 515 g/mol. The van der Waals surface area contributed by atoms with Gasteiger partial charge in [0.1, 0.15) is 12.4 Å². The summed E-state index contributed by atoms with van der Waals surface area (Å²) in [4.78, 5) is 4.89. The van der Waals surface area contributed by atoms with Gasteiger partial charge in [-0.05, 0) is 88.0 Å². The highest BCUT2D eigenvalue weighted by molar-refractivity contribution is 5.95. The van der Waals surface area contributed by atoms with E-state index in [-0.39, 0.29) is 0 Å². The van der Waals surface area contributed by atoms with Crippen molar-refractivity contribution in [3.8, 4) is 0 Å². The molecule has 0 aliphatic carbocycles. The minimum absolute atomic E-state index is 0.529. The second kappa shape index (κ2) is 21.1. The van der Waals surface area contributed by atoms with Crippen LogP contribution in [0.5, 0.6) is 0 Å². The van der Waals surface area contributed by atoms with Crippen molar-refractivity contribution in [1.82, 2.24) is 0 Å². The Morgan fingerprint density at radius 2 is 1.47 bits per heavy atom. The van der Waals surface area contributed by atoms with Gasteiger partial charge in [-0.1, -0.05) is 113 Å². The van der Waals surface area contributed by atoms with Crippen LogP contribution in [0.25, 0.3) is 0 Å². The Labute approximate surface area is 234 Å². The maximum absolute atomic E-state index is 6.33. The molecule has 0 spiro atoms. The fourth-order valence-corrected chi connectivity index (χ4v) is 4.15. The van der Waals surface area contributed by atoms with E-state index < -0.39 is 0 Å². The van der Waals surface area contributed by atoms with Crippen LogP contribution in [0.2, 0.25) is 0 Å². The average molecular weight is 516 g/mol. The first-order valence-corrected chi connectivity index (χ1v) is 14.6. The molecule has 0 aliphatic rings. The normalized spacial score (nSPS) is 14.2. The van der Waals surface area contributed by atoms with Gasteiger partial charge in [-0.15, -0.1) is 0 Å². The summed E-state index contributed by atoms with van der Waals surface area (Å²) in [5, 5.41) is 0. The van der Waals surface area contributed by atoms with Crippen molar-refractivity contribution in [2.24, 2.45) is 4.99 Å². The Morgan fingerprint density at radius 1 is 0.842 bits per heavy atom. The standard InChI is InChI=1S/C36H53NO/c1-8-11-13-14-15-16-17-18-22-26-35(10-3)37-33(7)27-32(6)36(28-31(5)30(4)23-12-9-2)38-29-34-24-20-19-21-25-34/h9-10,12,19-21,23-25,27-28H,3,8,11,13-18,22,26,29H2,1-2,4-7H3/b12-9-,30-23+,31-28+,33-27-,36-32-,37-35?. The molecule has 0 aliphatic heterocycles. The molecule has 0 saturated carbocycles. The zero-order valence-corrected chi connectivity index (χ0v) is 25.2. The number of aliphatic imine (C=N–C) groups is 1. The van der Waals surface area contributed by atoms with Crippen LogP contribution in [0.3, 0.4) is 0 Å². The summed E-state index contributed by atoms with van der Waals surface area (Å²) < 4.78 is 6.33. The van der Waals surface area contributed by atoms with Gasteiger partial charge in [0, 0.05) is 11.4 Å². The quantitative estimate of drug-likeness (QED) is 0.0777. The third-order valence-corrected chi connectivity index (χ3v) is 6.65. The van der Waals surface area contributed by atoms with Gasteiger partial charge in [-0.2, -0.15) is 0 Å². The molecule has 1 rings (SSSR count). The van der Waals surface area contributed by atoms with E-state index in [1.807, 2.05) is 37.3 Å². The fraction of sp³-hybridized carbons (Fsp3) is 0.472. The molecule has 0 N–H and O–H groups in total. The summed E-state index contributed by atoms with van der Waals surface area (Å²) in [6.45, 7) is 17.3. The maximum atomic E-state index is 6.33. The minimum Gasteiger partial charge on any atom is -0.489 e. The predicted molar refractivity (Wildman–Crippen MR) is 169 cm³/mol. The van der Waals surface area contributed by atoms with Crippen LogP contribution in [0.4, 0.5) is 0 Å². The van der Waals surface area contributed by atoms with Crippen LogP contribution < -0.4 is 0 Å². The molecule has 0 fully saturated rings. The Morgan fingerprint density at radius 3 is 2.08 bits per heavy atom. The van der Waals surface area contributed by atoms with Crippen LogP contribution in [0.15, 0.2) is 107 Å². The lowest BCUT2D eigenvalue weighted by Crippen LogP contribution is -1.97. The van der Waals surface area contributed by atoms with Crippen molar-refractivity contribution in [2.45, 2.75) is 112 Å². The summed E-state index contributed by atoms with van der Waals surface area (Å²) in [6.07, 6.45) is 25.4. The number of hydrogen-bond donors (Lipinski definition) is 0. The highest BCUT2D eigenvalue weighted by Crippen LogP contribution is 2.20. The van der Waals surface area contributed by atoms with E-state index in [0.717, 1.165) is 34.7 Å². The Kier molecular flexibility index (Phi) is 18.4. The van der Waals surface area contributed by atoms with Crippen molar-refractivity contribution in [2.75, 3.05) is 0 Å². The molecular weight excluding hydrogens is 462 g/mol. The second-order valence-corrected chi connectivity index (χ2v) is 10.2. The van der Waals surface area contributed by atoms with Crippen molar-refractivity contribution in [3.05, 3.63) is 107 Å². The molecule has 1 aromatic carbocycles. The van der Waals surface area contributed by atoms with Gasteiger partial charge in [0.2, 0.25) is 0 Å². The third kappa shape index (κ3) is 15.4. The Bertz CT molecular complexity index is 985. The summed E-state index contributed by atoms with van der Waals surface area (Å²) in [5.41, 5.74) is 6.65. The topological polar surface area (TPSA) is 21.6 Å². The predicted octanol–water partition coefficient (Wildman–Crippen LogP) is 11.4. The molecule has 0 saturated heterocycles. The van der Waals surface area contributed by atoms with E-state index >= 15 is 0 Å². The number of unbranched alkanes of at least 4 members (excludes halogenated alkanes) is 8. The van der Waals surface area contributed by atoms with Crippen molar-refractivity contribution in [3.63, 3.8) is 0 Å².